The molecule has 80 valence electrons. The van der Waals surface area contributed by atoms with Crippen LogP contribution in [-0.4, -0.2) is 10.8 Å². The molecule has 0 saturated carbocycles. The third-order valence-electron chi connectivity index (χ3n) is 2.55. The maximum absolute atomic E-state index is 2.20. The van der Waals surface area contributed by atoms with Crippen LogP contribution in [0.25, 0.3) is 0 Å². The number of hydrogen-bond acceptors (Lipinski definition) is 0. The molecule has 0 bridgehead atoms. The van der Waals surface area contributed by atoms with Crippen LogP contribution in [0.3, 0.4) is 0 Å². The summed E-state index contributed by atoms with van der Waals surface area (Å²) in [6.07, 6.45) is 15.5. The molecule has 1 aromatic carbocycles. The SMILES string of the molecule is CC=CC=CC=C[N+]1=CCc2ccccc21. The van der Waals surface area contributed by atoms with E-state index in [1.54, 1.807) is 0 Å². The number of rotatable bonds is 3. The first-order valence-electron chi connectivity index (χ1n) is 5.57. The highest BCUT2D eigenvalue weighted by molar-refractivity contribution is 5.67. The van der Waals surface area contributed by atoms with Gasteiger partial charge in [0.05, 0.1) is 6.42 Å². The van der Waals surface area contributed by atoms with E-state index < -0.39 is 0 Å². The van der Waals surface area contributed by atoms with Gasteiger partial charge < -0.3 is 0 Å². The molecule has 0 radical (unpaired) electrons. The summed E-state index contributed by atoms with van der Waals surface area (Å²) in [7, 11) is 0. The smallest absolute Gasteiger partial charge is 0.171 e. The minimum absolute atomic E-state index is 1.03. The van der Waals surface area contributed by atoms with Gasteiger partial charge in [0.2, 0.25) is 5.69 Å². The van der Waals surface area contributed by atoms with Crippen LogP contribution < -0.4 is 0 Å². The first-order chi connectivity index (χ1) is 7.92. The highest BCUT2D eigenvalue weighted by Gasteiger charge is 2.17. The molecule has 16 heavy (non-hydrogen) atoms. The molecule has 0 N–H and O–H groups in total. The number of hydrogen-bond donors (Lipinski definition) is 0. The van der Waals surface area contributed by atoms with Crippen LogP contribution in [0.15, 0.2) is 60.8 Å². The summed E-state index contributed by atoms with van der Waals surface area (Å²) < 4.78 is 2.18. The monoisotopic (exact) mass is 210 g/mol. The summed E-state index contributed by atoms with van der Waals surface area (Å²) in [4.78, 5) is 0. The van der Waals surface area contributed by atoms with Gasteiger partial charge in [0.25, 0.3) is 0 Å². The second-order valence-electron chi connectivity index (χ2n) is 3.67. The first-order valence-corrected chi connectivity index (χ1v) is 5.57. The van der Waals surface area contributed by atoms with E-state index in [-0.39, 0.29) is 0 Å². The maximum Gasteiger partial charge on any atom is 0.214 e. The number of benzene rings is 1. The van der Waals surface area contributed by atoms with Gasteiger partial charge >= 0.3 is 0 Å². The first kappa shape index (κ1) is 10.6. The molecule has 2 rings (SSSR count). The molecule has 0 amide bonds. The van der Waals surface area contributed by atoms with Gasteiger partial charge in [-0.25, -0.2) is 0 Å². The molecular formula is C15H16N+. The summed E-state index contributed by atoms with van der Waals surface area (Å²) in [5.74, 6) is 0. The van der Waals surface area contributed by atoms with E-state index in [9.17, 15) is 0 Å². The standard InChI is InChI=1S/C15H16N/c1-2-3-4-5-8-12-16-13-11-14-9-6-7-10-15(14)16/h2-10,12-13H,11H2,1H3/q+1. The second kappa shape index (κ2) is 5.26. The molecule has 0 atom stereocenters. The minimum Gasteiger partial charge on any atom is -0.171 e. The third kappa shape index (κ3) is 2.37. The normalized spacial score (nSPS) is 15.2. The molecular weight excluding hydrogens is 194 g/mol. The summed E-state index contributed by atoms with van der Waals surface area (Å²) in [6, 6.07) is 8.49. The largest absolute Gasteiger partial charge is 0.214 e. The van der Waals surface area contributed by atoms with Crippen LogP contribution in [0.4, 0.5) is 5.69 Å². The molecule has 1 heterocycles. The minimum atomic E-state index is 1.03. The Bertz CT molecular complexity index is 476. The van der Waals surface area contributed by atoms with E-state index in [2.05, 4.69) is 47.3 Å². The molecule has 0 fully saturated rings. The zero-order valence-corrected chi connectivity index (χ0v) is 9.51. The topological polar surface area (TPSA) is 3.01 Å². The number of nitrogens with zero attached hydrogens (tertiary/aromatic N) is 1. The molecule has 1 aliphatic rings. The van der Waals surface area contributed by atoms with Crippen LogP contribution in [0, 0.1) is 0 Å². The molecule has 1 aromatic rings. The highest BCUT2D eigenvalue weighted by Crippen LogP contribution is 2.23. The average molecular weight is 210 g/mol. The Kier molecular flexibility index (Phi) is 3.50. The van der Waals surface area contributed by atoms with Gasteiger partial charge in [-0.2, -0.15) is 4.58 Å². The summed E-state index contributed by atoms with van der Waals surface area (Å²) in [5.41, 5.74) is 2.68. The molecule has 1 nitrogen and oxygen atoms in total. The molecule has 1 aliphatic heterocycles. The molecule has 0 aromatic heterocycles. The maximum atomic E-state index is 2.20. The fourth-order valence-electron chi connectivity index (χ4n) is 1.75. The fourth-order valence-corrected chi connectivity index (χ4v) is 1.75. The second-order valence-corrected chi connectivity index (χ2v) is 3.67. The van der Waals surface area contributed by atoms with Crippen molar-refractivity contribution in [3.05, 3.63) is 66.4 Å². The van der Waals surface area contributed by atoms with Crippen molar-refractivity contribution in [1.29, 1.82) is 0 Å². The Balaban J connectivity index is 2.08. The van der Waals surface area contributed by atoms with E-state index in [0.29, 0.717) is 0 Å². The fraction of sp³-hybridized carbons (Fsp3) is 0.133. The molecule has 0 aliphatic carbocycles. The predicted octanol–water partition coefficient (Wildman–Crippen LogP) is 3.60. The number of para-hydroxylation sites is 1. The van der Waals surface area contributed by atoms with E-state index in [0.717, 1.165) is 6.42 Å². The van der Waals surface area contributed by atoms with Crippen molar-refractivity contribution in [2.24, 2.45) is 0 Å². The summed E-state index contributed by atoms with van der Waals surface area (Å²) in [5, 5.41) is 0. The Labute approximate surface area is 96.7 Å². The van der Waals surface area contributed by atoms with Crippen LogP contribution in [-0.2, 0) is 6.42 Å². The van der Waals surface area contributed by atoms with E-state index in [1.807, 2.05) is 31.2 Å². The predicted molar refractivity (Wildman–Crippen MR) is 69.2 cm³/mol. The van der Waals surface area contributed by atoms with Gasteiger partial charge in [-0.3, -0.25) is 0 Å². The Morgan fingerprint density at radius 2 is 1.88 bits per heavy atom. The lowest BCUT2D eigenvalue weighted by molar-refractivity contribution is -0.351. The van der Waals surface area contributed by atoms with Gasteiger partial charge in [-0.05, 0) is 6.92 Å². The van der Waals surface area contributed by atoms with Gasteiger partial charge in [-0.15, -0.1) is 0 Å². The van der Waals surface area contributed by atoms with Crippen molar-refractivity contribution < 1.29 is 4.58 Å². The van der Waals surface area contributed by atoms with Crippen LogP contribution >= 0.6 is 0 Å². The van der Waals surface area contributed by atoms with Gasteiger partial charge in [0.1, 0.15) is 0 Å². The van der Waals surface area contributed by atoms with Crippen molar-refractivity contribution in [3.8, 4) is 0 Å². The summed E-state index contributed by atoms with van der Waals surface area (Å²) >= 11 is 0. The lowest BCUT2D eigenvalue weighted by atomic mass is 10.2. The third-order valence-corrected chi connectivity index (χ3v) is 2.55. The van der Waals surface area contributed by atoms with Crippen molar-refractivity contribution in [1.82, 2.24) is 0 Å². The van der Waals surface area contributed by atoms with E-state index >= 15 is 0 Å². The zero-order valence-electron chi connectivity index (χ0n) is 9.51. The van der Waals surface area contributed by atoms with Gasteiger partial charge in [-0.1, -0.05) is 42.5 Å². The zero-order chi connectivity index (χ0) is 11.2. The lowest BCUT2D eigenvalue weighted by Gasteiger charge is -1.92. The van der Waals surface area contributed by atoms with Crippen LogP contribution in [0.2, 0.25) is 0 Å². The number of fused-ring (bicyclic) bond motifs is 1. The number of allylic oxidation sites excluding steroid dienone is 5. The average Bonchev–Trinajstić information content (AvgIpc) is 2.73. The van der Waals surface area contributed by atoms with Crippen LogP contribution in [0.1, 0.15) is 12.5 Å². The van der Waals surface area contributed by atoms with Gasteiger partial charge in [0, 0.05) is 17.7 Å². The molecule has 1 heteroatoms. The lowest BCUT2D eigenvalue weighted by Crippen LogP contribution is -1.90. The molecule has 0 spiro atoms. The Morgan fingerprint density at radius 3 is 2.75 bits per heavy atom. The molecule has 0 saturated heterocycles. The summed E-state index contributed by atoms with van der Waals surface area (Å²) in [6.45, 7) is 2.01. The van der Waals surface area contributed by atoms with Crippen LogP contribution in [0.5, 0.6) is 0 Å². The van der Waals surface area contributed by atoms with E-state index in [1.165, 1.54) is 11.3 Å². The van der Waals surface area contributed by atoms with Crippen molar-refractivity contribution >= 4 is 11.9 Å². The molecule has 0 unspecified atom stereocenters. The van der Waals surface area contributed by atoms with E-state index in [4.69, 9.17) is 0 Å². The Morgan fingerprint density at radius 1 is 1.06 bits per heavy atom. The van der Waals surface area contributed by atoms with Crippen molar-refractivity contribution in [3.63, 3.8) is 0 Å². The highest BCUT2D eigenvalue weighted by atomic mass is 15.0. The van der Waals surface area contributed by atoms with Crippen molar-refractivity contribution in [2.75, 3.05) is 0 Å². The quantitative estimate of drug-likeness (QED) is 0.529. The van der Waals surface area contributed by atoms with Crippen molar-refractivity contribution in [2.45, 2.75) is 13.3 Å². The van der Waals surface area contributed by atoms with Gasteiger partial charge in [0.15, 0.2) is 12.4 Å². The Hall–Kier alpha value is -1.89.